The Bertz CT molecular complexity index is 895. The van der Waals surface area contributed by atoms with Crippen LogP contribution in [0.1, 0.15) is 32.3 Å². The molecule has 0 amide bonds. The van der Waals surface area contributed by atoms with Gasteiger partial charge in [-0.25, -0.2) is 4.98 Å². The lowest BCUT2D eigenvalue weighted by Crippen LogP contribution is -2.04. The van der Waals surface area contributed by atoms with E-state index in [-0.39, 0.29) is 0 Å². The second-order valence-corrected chi connectivity index (χ2v) is 6.32. The Labute approximate surface area is 159 Å². The average Bonchev–Trinajstić information content (AvgIpc) is 2.67. The maximum Gasteiger partial charge on any atom is 0.248 e. The Morgan fingerprint density at radius 3 is 2.48 bits per heavy atom. The van der Waals surface area contributed by atoms with Crippen LogP contribution in [0.3, 0.4) is 0 Å². The summed E-state index contributed by atoms with van der Waals surface area (Å²) in [6.07, 6.45) is 1.42. The third-order valence-electron chi connectivity index (χ3n) is 4.05. The summed E-state index contributed by atoms with van der Waals surface area (Å²) in [5.41, 5.74) is 8.58. The molecule has 3 N–H and O–H groups in total. The Balaban J connectivity index is 1.82. The van der Waals surface area contributed by atoms with Gasteiger partial charge in [-0.1, -0.05) is 38.1 Å². The monoisotopic (exact) mass is 364 g/mol. The number of nitrogens with zero attached hydrogens (tertiary/aromatic N) is 2. The fourth-order valence-electron chi connectivity index (χ4n) is 2.57. The number of nitrogens with one attached hydrogen (secondary N) is 1. The lowest BCUT2D eigenvalue weighted by atomic mass is 10.0. The molecule has 27 heavy (non-hydrogen) atoms. The molecule has 0 bridgehead atoms. The Hall–Kier alpha value is -3.28. The quantitative estimate of drug-likeness (QED) is 0.606. The summed E-state index contributed by atoms with van der Waals surface area (Å²) >= 11 is 0. The minimum Gasteiger partial charge on any atom is -0.492 e. The topological polar surface area (TPSA) is 82.3 Å². The summed E-state index contributed by atoms with van der Waals surface area (Å²) in [5.74, 6) is 2.63. The van der Waals surface area contributed by atoms with Crippen molar-refractivity contribution < 1.29 is 9.47 Å². The van der Waals surface area contributed by atoms with E-state index in [4.69, 9.17) is 15.2 Å². The molecule has 1 heterocycles. The fraction of sp³-hybridized carbons (Fsp3) is 0.238. The van der Waals surface area contributed by atoms with Crippen LogP contribution in [-0.2, 0) is 0 Å². The highest BCUT2D eigenvalue weighted by Crippen LogP contribution is 2.34. The van der Waals surface area contributed by atoms with E-state index >= 15 is 0 Å². The van der Waals surface area contributed by atoms with Crippen molar-refractivity contribution in [3.8, 4) is 17.4 Å². The van der Waals surface area contributed by atoms with Crippen molar-refractivity contribution in [3.05, 3.63) is 60.4 Å². The summed E-state index contributed by atoms with van der Waals surface area (Å²) in [6.45, 7) is 6.80. The van der Waals surface area contributed by atoms with Crippen molar-refractivity contribution in [1.29, 1.82) is 0 Å². The van der Waals surface area contributed by atoms with Gasteiger partial charge in [-0.3, -0.25) is 0 Å². The molecule has 2 aromatic carbocycles. The summed E-state index contributed by atoms with van der Waals surface area (Å²) in [6, 6.07) is 15.5. The number of nitrogen functional groups attached to an aromatic ring is 1. The zero-order valence-corrected chi connectivity index (χ0v) is 15.8. The highest BCUT2D eigenvalue weighted by Gasteiger charge is 2.12. The normalized spacial score (nSPS) is 10.7. The van der Waals surface area contributed by atoms with Crippen molar-refractivity contribution in [2.75, 3.05) is 17.7 Å². The minimum absolute atomic E-state index is 0.304. The number of rotatable bonds is 7. The highest BCUT2D eigenvalue weighted by molar-refractivity contribution is 5.74. The molecular formula is C21H24N4O2. The zero-order valence-electron chi connectivity index (χ0n) is 15.8. The Morgan fingerprint density at radius 1 is 1.04 bits per heavy atom. The van der Waals surface area contributed by atoms with Crippen LogP contribution in [0.2, 0.25) is 0 Å². The van der Waals surface area contributed by atoms with E-state index in [1.807, 2.05) is 55.5 Å². The smallest absolute Gasteiger partial charge is 0.248 e. The van der Waals surface area contributed by atoms with Crippen molar-refractivity contribution in [2.45, 2.75) is 26.7 Å². The third-order valence-corrected chi connectivity index (χ3v) is 4.05. The zero-order chi connectivity index (χ0) is 19.2. The van der Waals surface area contributed by atoms with Crippen LogP contribution in [0.15, 0.2) is 54.9 Å². The minimum atomic E-state index is 0.304. The largest absolute Gasteiger partial charge is 0.492 e. The van der Waals surface area contributed by atoms with Crippen LogP contribution in [0.5, 0.6) is 17.4 Å². The third kappa shape index (κ3) is 4.47. The second-order valence-electron chi connectivity index (χ2n) is 6.32. The van der Waals surface area contributed by atoms with Crippen LogP contribution >= 0.6 is 0 Å². The molecule has 0 aliphatic rings. The maximum absolute atomic E-state index is 6.23. The Morgan fingerprint density at radius 2 is 1.78 bits per heavy atom. The van der Waals surface area contributed by atoms with Crippen molar-refractivity contribution >= 4 is 17.2 Å². The molecule has 0 saturated carbocycles. The van der Waals surface area contributed by atoms with Crippen LogP contribution < -0.4 is 20.5 Å². The molecule has 0 radical (unpaired) electrons. The molecule has 6 nitrogen and oxygen atoms in total. The van der Waals surface area contributed by atoms with Gasteiger partial charge in [-0.05, 0) is 42.7 Å². The molecule has 3 rings (SSSR count). The number of nitrogens with two attached hydrogens (primary N) is 1. The molecule has 0 saturated heterocycles. The van der Waals surface area contributed by atoms with Gasteiger partial charge in [0.2, 0.25) is 5.88 Å². The molecule has 1 aromatic heterocycles. The Kier molecular flexibility index (Phi) is 5.76. The van der Waals surface area contributed by atoms with E-state index in [1.165, 1.54) is 11.9 Å². The summed E-state index contributed by atoms with van der Waals surface area (Å²) in [5, 5.41) is 3.19. The number of anilines is 3. The average molecular weight is 364 g/mol. The molecule has 3 aromatic rings. The lowest BCUT2D eigenvalue weighted by molar-refractivity contribution is 0.342. The van der Waals surface area contributed by atoms with Gasteiger partial charge in [0.15, 0.2) is 5.82 Å². The summed E-state index contributed by atoms with van der Waals surface area (Å²) in [7, 11) is 0. The molecule has 0 atom stereocenters. The molecule has 6 heteroatoms. The first-order valence-electron chi connectivity index (χ1n) is 8.95. The van der Waals surface area contributed by atoms with E-state index in [1.54, 1.807) is 0 Å². The van der Waals surface area contributed by atoms with Gasteiger partial charge in [-0.2, -0.15) is 4.98 Å². The molecule has 0 aliphatic heterocycles. The number of aromatic nitrogens is 2. The first-order valence-corrected chi connectivity index (χ1v) is 8.95. The SMILES string of the molecule is CCOc1ccccc1Nc1ncnc(Oc2ccc(C(C)C)cc2)c1N. The van der Waals surface area contributed by atoms with Gasteiger partial charge in [0.1, 0.15) is 23.5 Å². The number of para-hydroxylation sites is 2. The number of ether oxygens (including phenoxy) is 2. The van der Waals surface area contributed by atoms with Crippen molar-refractivity contribution in [3.63, 3.8) is 0 Å². The van der Waals surface area contributed by atoms with Crippen LogP contribution in [0.25, 0.3) is 0 Å². The van der Waals surface area contributed by atoms with Crippen LogP contribution in [0, 0.1) is 0 Å². The maximum atomic E-state index is 6.23. The van der Waals surface area contributed by atoms with Gasteiger partial charge in [0.25, 0.3) is 0 Å². The lowest BCUT2D eigenvalue weighted by Gasteiger charge is -2.14. The van der Waals surface area contributed by atoms with Gasteiger partial charge >= 0.3 is 0 Å². The number of benzene rings is 2. The molecule has 140 valence electrons. The van der Waals surface area contributed by atoms with E-state index in [2.05, 4.69) is 29.1 Å². The van der Waals surface area contributed by atoms with Crippen molar-refractivity contribution in [1.82, 2.24) is 9.97 Å². The van der Waals surface area contributed by atoms with Crippen molar-refractivity contribution in [2.24, 2.45) is 0 Å². The second kappa shape index (κ2) is 8.40. The van der Waals surface area contributed by atoms with Gasteiger partial charge in [-0.15, -0.1) is 0 Å². The predicted octanol–water partition coefficient (Wildman–Crippen LogP) is 5.12. The molecule has 0 spiro atoms. The number of hydrogen-bond acceptors (Lipinski definition) is 6. The summed E-state index contributed by atoms with van der Waals surface area (Å²) < 4.78 is 11.5. The highest BCUT2D eigenvalue weighted by atomic mass is 16.5. The standard InChI is InChI=1S/C21H24N4O2/c1-4-26-18-8-6-5-7-17(18)25-20-19(22)21(24-13-23-20)27-16-11-9-15(10-12-16)14(2)3/h5-14H,4,22H2,1-3H3,(H,23,24,25). The van der Waals surface area contributed by atoms with Gasteiger partial charge in [0.05, 0.1) is 12.3 Å². The van der Waals surface area contributed by atoms with Crippen LogP contribution in [0.4, 0.5) is 17.2 Å². The van der Waals surface area contributed by atoms with E-state index in [0.29, 0.717) is 35.7 Å². The molecule has 0 fully saturated rings. The fourth-order valence-corrected chi connectivity index (χ4v) is 2.57. The van der Waals surface area contributed by atoms with Gasteiger partial charge in [0, 0.05) is 0 Å². The van der Waals surface area contributed by atoms with Crippen LogP contribution in [-0.4, -0.2) is 16.6 Å². The number of hydrogen-bond donors (Lipinski definition) is 2. The van der Waals surface area contributed by atoms with E-state index < -0.39 is 0 Å². The van der Waals surface area contributed by atoms with E-state index in [0.717, 1.165) is 11.4 Å². The summed E-state index contributed by atoms with van der Waals surface area (Å²) in [4.78, 5) is 8.39. The molecule has 0 aliphatic carbocycles. The first-order chi connectivity index (χ1) is 13.1. The first kappa shape index (κ1) is 18.5. The predicted molar refractivity (Wildman–Crippen MR) is 108 cm³/mol. The van der Waals surface area contributed by atoms with Gasteiger partial charge < -0.3 is 20.5 Å². The molecular weight excluding hydrogens is 340 g/mol. The molecule has 0 unspecified atom stereocenters. The van der Waals surface area contributed by atoms with E-state index in [9.17, 15) is 0 Å².